The average Bonchev–Trinajstić information content (AvgIpc) is 2.72. The summed E-state index contributed by atoms with van der Waals surface area (Å²) >= 11 is 0. The first-order valence-electron chi connectivity index (χ1n) is 10.0. The molecule has 0 aliphatic rings. The van der Waals surface area contributed by atoms with E-state index in [1.807, 2.05) is 19.1 Å². The molecule has 0 heterocycles. The number of nitrogens with zero attached hydrogens (tertiary/aromatic N) is 1. The number of hydrogen-bond donors (Lipinski definition) is 3. The average molecular weight is 420 g/mol. The molecule has 0 unspecified atom stereocenters. The molecule has 0 saturated heterocycles. The molecule has 0 amide bonds. The molecule has 3 N–H and O–H groups in total. The zero-order valence-electron chi connectivity index (χ0n) is 18.4. The molecule has 0 radical (unpaired) electrons. The Bertz CT molecular complexity index is 1020. The van der Waals surface area contributed by atoms with Gasteiger partial charge in [-0.1, -0.05) is 44.7 Å². The van der Waals surface area contributed by atoms with Gasteiger partial charge in [-0.3, -0.25) is 9.79 Å². The number of carbonyl (C=O) groups excluding carboxylic acids is 1. The minimum absolute atomic E-state index is 0.233. The summed E-state index contributed by atoms with van der Waals surface area (Å²) < 4.78 is 0. The van der Waals surface area contributed by atoms with E-state index in [9.17, 15) is 9.59 Å². The van der Waals surface area contributed by atoms with E-state index in [1.54, 1.807) is 31.2 Å². The van der Waals surface area contributed by atoms with Crippen molar-refractivity contribution in [1.29, 1.82) is 0 Å². The fourth-order valence-electron chi connectivity index (χ4n) is 2.98. The third-order valence-corrected chi connectivity index (χ3v) is 4.65. The van der Waals surface area contributed by atoms with Gasteiger partial charge in [-0.05, 0) is 55.2 Å². The molecule has 0 aromatic heterocycles. The number of nitrogens with one attached hydrogen (secondary N) is 2. The largest absolute Gasteiger partial charge is 0.478 e. The minimum atomic E-state index is -0.963. The van der Waals surface area contributed by atoms with Crippen LogP contribution >= 0.6 is 0 Å². The number of carbonyl (C=O) groups is 2. The molecule has 0 fully saturated rings. The highest BCUT2D eigenvalue weighted by Gasteiger charge is 2.06. The van der Waals surface area contributed by atoms with Crippen LogP contribution in [0.1, 0.15) is 55.1 Å². The molecule has 2 aromatic carbocycles. The predicted molar refractivity (Wildman–Crippen MR) is 125 cm³/mol. The van der Waals surface area contributed by atoms with Crippen LogP contribution in [-0.2, 0) is 11.2 Å². The molecule has 2 aromatic rings. The molecule has 2 rings (SSSR count). The molecular weight excluding hydrogens is 390 g/mol. The number of allylic oxidation sites excluding steroid dienone is 2. The fourth-order valence-corrected chi connectivity index (χ4v) is 2.98. The lowest BCUT2D eigenvalue weighted by Crippen LogP contribution is -2.18. The zero-order chi connectivity index (χ0) is 23.0. The molecular formula is C25H29N3O3. The molecule has 6 heteroatoms. The summed E-state index contributed by atoms with van der Waals surface area (Å²) in [6, 6.07) is 14.7. The van der Waals surface area contributed by atoms with Gasteiger partial charge in [-0.2, -0.15) is 0 Å². The van der Waals surface area contributed by atoms with E-state index < -0.39 is 5.97 Å². The standard InChI is InChI=1S/C25H29N3O3/c1-16(2)22-7-6-8-23(14-22)28-19(5)27-18(4)24(15-29)26-17(3)13-20-9-11-21(12-10-20)25(30)31/h6-12,14-16,27-28H,5,13H2,1-4H3,(H,30,31)/b24-18+,26-17?. The Kier molecular flexibility index (Phi) is 8.32. The van der Waals surface area contributed by atoms with Gasteiger partial charge in [0.25, 0.3) is 0 Å². The van der Waals surface area contributed by atoms with Gasteiger partial charge in [0.15, 0.2) is 6.29 Å². The summed E-state index contributed by atoms with van der Waals surface area (Å²) in [4.78, 5) is 27.0. The molecule has 0 aliphatic heterocycles. The number of aliphatic imine (C=N–C) groups is 1. The lowest BCUT2D eigenvalue weighted by molar-refractivity contribution is -0.105. The Hall–Kier alpha value is -3.67. The van der Waals surface area contributed by atoms with Gasteiger partial charge in [0.1, 0.15) is 5.70 Å². The Morgan fingerprint density at radius 2 is 1.84 bits per heavy atom. The third-order valence-electron chi connectivity index (χ3n) is 4.65. The van der Waals surface area contributed by atoms with Crippen molar-refractivity contribution in [2.45, 2.75) is 40.0 Å². The van der Waals surface area contributed by atoms with Gasteiger partial charge < -0.3 is 15.7 Å². The maximum atomic E-state index is 11.6. The SMILES string of the molecule is C=C(N/C(C)=C(\C=O)N=C(C)Cc1ccc(C(=O)O)cc1)Nc1cccc(C(C)C)c1. The molecule has 31 heavy (non-hydrogen) atoms. The van der Waals surface area contributed by atoms with Crippen LogP contribution in [0.3, 0.4) is 0 Å². The van der Waals surface area contributed by atoms with Gasteiger partial charge in [0.2, 0.25) is 0 Å². The first kappa shape index (κ1) is 23.6. The fraction of sp³-hybridized carbons (Fsp3) is 0.240. The maximum absolute atomic E-state index is 11.6. The number of benzene rings is 2. The second kappa shape index (κ2) is 10.9. The van der Waals surface area contributed by atoms with Crippen molar-refractivity contribution in [2.24, 2.45) is 4.99 Å². The smallest absolute Gasteiger partial charge is 0.335 e. The Morgan fingerprint density at radius 1 is 1.16 bits per heavy atom. The highest BCUT2D eigenvalue weighted by molar-refractivity contribution is 5.90. The highest BCUT2D eigenvalue weighted by Crippen LogP contribution is 2.19. The van der Waals surface area contributed by atoms with Crippen molar-refractivity contribution in [3.63, 3.8) is 0 Å². The monoisotopic (exact) mass is 419 g/mol. The normalized spacial score (nSPS) is 12.2. The van der Waals surface area contributed by atoms with E-state index in [4.69, 9.17) is 5.11 Å². The van der Waals surface area contributed by atoms with E-state index in [1.165, 1.54) is 5.56 Å². The summed E-state index contributed by atoms with van der Waals surface area (Å²) in [6.45, 7) is 11.8. The Morgan fingerprint density at radius 3 is 2.42 bits per heavy atom. The van der Waals surface area contributed by atoms with Crippen molar-refractivity contribution in [3.8, 4) is 0 Å². The number of anilines is 1. The number of rotatable bonds is 10. The van der Waals surface area contributed by atoms with Crippen LogP contribution in [0.4, 0.5) is 5.69 Å². The molecule has 0 aliphatic carbocycles. The molecule has 6 nitrogen and oxygen atoms in total. The van der Waals surface area contributed by atoms with Crippen LogP contribution < -0.4 is 10.6 Å². The number of carboxylic acid groups (broad SMARTS) is 1. The quantitative estimate of drug-likeness (QED) is 0.283. The maximum Gasteiger partial charge on any atom is 0.335 e. The van der Waals surface area contributed by atoms with Gasteiger partial charge in [0.05, 0.1) is 11.4 Å². The highest BCUT2D eigenvalue weighted by atomic mass is 16.4. The van der Waals surface area contributed by atoms with Crippen molar-refractivity contribution >= 4 is 23.7 Å². The van der Waals surface area contributed by atoms with E-state index in [2.05, 4.69) is 48.2 Å². The number of hydrogen-bond acceptors (Lipinski definition) is 5. The van der Waals surface area contributed by atoms with Crippen LogP contribution in [0.5, 0.6) is 0 Å². The van der Waals surface area contributed by atoms with Crippen LogP contribution in [0.25, 0.3) is 0 Å². The van der Waals surface area contributed by atoms with Gasteiger partial charge in [-0.15, -0.1) is 0 Å². The first-order valence-corrected chi connectivity index (χ1v) is 10.0. The second-order valence-corrected chi connectivity index (χ2v) is 7.66. The van der Waals surface area contributed by atoms with Crippen LogP contribution in [0.2, 0.25) is 0 Å². The predicted octanol–water partition coefficient (Wildman–Crippen LogP) is 5.11. The molecule has 0 spiro atoms. The molecule has 0 atom stereocenters. The lowest BCUT2D eigenvalue weighted by atomic mass is 10.0. The van der Waals surface area contributed by atoms with Crippen molar-refractivity contribution in [3.05, 3.63) is 89.0 Å². The second-order valence-electron chi connectivity index (χ2n) is 7.66. The summed E-state index contributed by atoms with van der Waals surface area (Å²) in [7, 11) is 0. The molecule has 162 valence electrons. The van der Waals surface area contributed by atoms with Crippen molar-refractivity contribution in [1.82, 2.24) is 5.32 Å². The summed E-state index contributed by atoms with van der Waals surface area (Å²) in [5.41, 5.74) is 4.86. The van der Waals surface area contributed by atoms with Crippen molar-refractivity contribution < 1.29 is 14.7 Å². The Labute approximate surface area is 183 Å². The van der Waals surface area contributed by atoms with Gasteiger partial charge in [-0.25, -0.2) is 4.79 Å². The van der Waals surface area contributed by atoms with Gasteiger partial charge >= 0.3 is 5.97 Å². The summed E-state index contributed by atoms with van der Waals surface area (Å²) in [5, 5.41) is 15.3. The third kappa shape index (κ3) is 7.26. The Balaban J connectivity index is 2.07. The van der Waals surface area contributed by atoms with Crippen LogP contribution in [0.15, 0.2) is 77.3 Å². The summed E-state index contributed by atoms with van der Waals surface area (Å²) in [6.07, 6.45) is 1.21. The van der Waals surface area contributed by atoms with Crippen LogP contribution in [-0.4, -0.2) is 23.1 Å². The van der Waals surface area contributed by atoms with Crippen LogP contribution in [0, 0.1) is 0 Å². The zero-order valence-corrected chi connectivity index (χ0v) is 18.4. The number of aromatic carboxylic acids is 1. The number of carboxylic acids is 1. The first-order chi connectivity index (χ1) is 14.7. The minimum Gasteiger partial charge on any atom is -0.478 e. The van der Waals surface area contributed by atoms with E-state index >= 15 is 0 Å². The molecule has 0 bridgehead atoms. The van der Waals surface area contributed by atoms with E-state index in [0.29, 0.717) is 30.1 Å². The van der Waals surface area contributed by atoms with E-state index in [-0.39, 0.29) is 11.3 Å². The van der Waals surface area contributed by atoms with Crippen molar-refractivity contribution in [2.75, 3.05) is 5.32 Å². The molecule has 0 saturated carbocycles. The topological polar surface area (TPSA) is 90.8 Å². The van der Waals surface area contributed by atoms with Gasteiger partial charge in [0, 0.05) is 23.5 Å². The number of aldehydes is 1. The van der Waals surface area contributed by atoms with E-state index in [0.717, 1.165) is 17.0 Å². The summed E-state index contributed by atoms with van der Waals surface area (Å²) in [5.74, 6) is -0.00614. The lowest BCUT2D eigenvalue weighted by Gasteiger charge is -2.15.